The van der Waals surface area contributed by atoms with Crippen LogP contribution in [0.5, 0.6) is 0 Å². The van der Waals surface area contributed by atoms with Gasteiger partial charge in [0.15, 0.2) is 0 Å². The number of hydrogen-bond donors (Lipinski definition) is 2. The Morgan fingerprint density at radius 1 is 1.56 bits per heavy atom. The summed E-state index contributed by atoms with van der Waals surface area (Å²) >= 11 is 0. The fourth-order valence-electron chi connectivity index (χ4n) is 2.83. The number of hydrogen-bond acceptors (Lipinski definition) is 3. The average molecular weight is 218 g/mol. The van der Waals surface area contributed by atoms with Crippen LogP contribution in [-0.4, -0.2) is 23.7 Å². The lowest BCUT2D eigenvalue weighted by atomic mass is 9.93. The summed E-state index contributed by atoms with van der Waals surface area (Å²) in [5.74, 6) is -0.0391. The van der Waals surface area contributed by atoms with Gasteiger partial charge in [-0.15, -0.1) is 0 Å². The largest absolute Gasteiger partial charge is 0.381 e. The molecule has 1 fully saturated rings. The van der Waals surface area contributed by atoms with E-state index >= 15 is 0 Å². The van der Waals surface area contributed by atoms with Crippen LogP contribution in [0.15, 0.2) is 24.3 Å². The third-order valence-corrected chi connectivity index (χ3v) is 3.52. The van der Waals surface area contributed by atoms with Crippen LogP contribution in [-0.2, 0) is 10.4 Å². The summed E-state index contributed by atoms with van der Waals surface area (Å²) in [6.45, 7) is 2.27. The molecule has 2 aliphatic rings. The van der Waals surface area contributed by atoms with Crippen LogP contribution < -0.4 is 10.2 Å². The van der Waals surface area contributed by atoms with Crippen molar-refractivity contribution in [1.29, 1.82) is 0 Å². The summed E-state index contributed by atoms with van der Waals surface area (Å²) in [4.78, 5) is 13.3. The molecule has 0 radical (unpaired) electrons. The van der Waals surface area contributed by atoms with Crippen molar-refractivity contribution in [2.24, 2.45) is 0 Å². The van der Waals surface area contributed by atoms with Crippen LogP contribution in [0.3, 0.4) is 0 Å². The maximum Gasteiger partial charge on any atom is 0.225 e. The summed E-state index contributed by atoms with van der Waals surface area (Å²) < 4.78 is 0. The van der Waals surface area contributed by atoms with E-state index in [9.17, 15) is 9.90 Å². The predicted molar refractivity (Wildman–Crippen MR) is 59.9 cm³/mol. The molecule has 4 nitrogen and oxygen atoms in total. The minimum atomic E-state index is -0.914. The number of aliphatic hydroxyl groups is 1. The van der Waals surface area contributed by atoms with Crippen molar-refractivity contribution in [3.05, 3.63) is 29.8 Å². The zero-order chi connectivity index (χ0) is 11.3. The number of amides is 1. The highest BCUT2D eigenvalue weighted by Crippen LogP contribution is 2.46. The van der Waals surface area contributed by atoms with Crippen LogP contribution in [0, 0.1) is 0 Å². The van der Waals surface area contributed by atoms with Crippen molar-refractivity contribution < 1.29 is 9.90 Å². The number of fused-ring (bicyclic) bond motifs is 3. The zero-order valence-corrected chi connectivity index (χ0v) is 9.10. The van der Waals surface area contributed by atoms with Crippen molar-refractivity contribution in [3.63, 3.8) is 0 Å². The molecule has 0 unspecified atom stereocenters. The molecule has 16 heavy (non-hydrogen) atoms. The topological polar surface area (TPSA) is 52.6 Å². The lowest BCUT2D eigenvalue weighted by Crippen LogP contribution is -2.49. The van der Waals surface area contributed by atoms with Crippen molar-refractivity contribution in [2.75, 3.05) is 11.4 Å². The molecule has 0 saturated carbocycles. The van der Waals surface area contributed by atoms with Crippen molar-refractivity contribution in [3.8, 4) is 0 Å². The van der Waals surface area contributed by atoms with Crippen LogP contribution in [0.1, 0.15) is 18.9 Å². The molecular formula is C12H14N2O2. The van der Waals surface area contributed by atoms with Gasteiger partial charge in [-0.2, -0.15) is 0 Å². The first-order valence-corrected chi connectivity index (χ1v) is 5.49. The second-order valence-corrected chi connectivity index (χ2v) is 4.44. The number of carbonyl (C=O) groups is 1. The molecule has 0 aromatic heterocycles. The lowest BCUT2D eigenvalue weighted by molar-refractivity contribution is -0.118. The van der Waals surface area contributed by atoms with Crippen molar-refractivity contribution >= 4 is 11.6 Å². The Bertz CT molecular complexity index is 460. The molecule has 1 aromatic rings. The van der Waals surface area contributed by atoms with Gasteiger partial charge in [-0.05, 0) is 12.5 Å². The van der Waals surface area contributed by atoms with Crippen LogP contribution >= 0.6 is 0 Å². The first-order chi connectivity index (χ1) is 7.64. The molecule has 2 heterocycles. The van der Waals surface area contributed by atoms with Gasteiger partial charge in [0.05, 0.1) is 5.69 Å². The van der Waals surface area contributed by atoms with E-state index in [1.165, 1.54) is 6.92 Å². The van der Waals surface area contributed by atoms with Gasteiger partial charge in [0.2, 0.25) is 5.91 Å². The molecule has 1 aromatic carbocycles. The maximum absolute atomic E-state index is 11.7. The van der Waals surface area contributed by atoms with E-state index in [4.69, 9.17) is 0 Å². The average Bonchev–Trinajstić information content (AvgIpc) is 2.71. The Morgan fingerprint density at radius 3 is 3.06 bits per heavy atom. The Labute approximate surface area is 93.9 Å². The number of rotatable bonds is 0. The van der Waals surface area contributed by atoms with Crippen LogP contribution in [0.2, 0.25) is 0 Å². The quantitative estimate of drug-likeness (QED) is 0.669. The number of para-hydroxylation sites is 1. The number of nitrogens with zero attached hydrogens (tertiary/aromatic N) is 1. The molecule has 84 valence electrons. The SMILES string of the molecule is CC(=O)N1c2ccccc2[C@@]2(O)CCN[C@@H]12. The molecule has 0 spiro atoms. The third kappa shape index (κ3) is 1.03. The highest BCUT2D eigenvalue weighted by Gasteiger charge is 2.53. The Morgan fingerprint density at radius 2 is 2.31 bits per heavy atom. The monoisotopic (exact) mass is 218 g/mol. The smallest absolute Gasteiger partial charge is 0.225 e. The van der Waals surface area contributed by atoms with E-state index in [1.807, 2.05) is 24.3 Å². The predicted octanol–water partition coefficient (Wildman–Crippen LogP) is 0.560. The van der Waals surface area contributed by atoms with E-state index in [0.29, 0.717) is 6.42 Å². The van der Waals surface area contributed by atoms with Gasteiger partial charge in [-0.25, -0.2) is 0 Å². The van der Waals surface area contributed by atoms with Crippen LogP contribution in [0.4, 0.5) is 5.69 Å². The first-order valence-electron chi connectivity index (χ1n) is 5.49. The molecule has 1 amide bonds. The van der Waals surface area contributed by atoms with Crippen molar-refractivity contribution in [1.82, 2.24) is 5.32 Å². The fraction of sp³-hybridized carbons (Fsp3) is 0.417. The van der Waals surface area contributed by atoms with Gasteiger partial charge < -0.3 is 5.11 Å². The fourth-order valence-corrected chi connectivity index (χ4v) is 2.83. The Balaban J connectivity index is 2.21. The summed E-state index contributed by atoms with van der Waals surface area (Å²) in [6.07, 6.45) is 0.348. The summed E-state index contributed by atoms with van der Waals surface area (Å²) in [5.41, 5.74) is 0.775. The van der Waals surface area contributed by atoms with E-state index in [-0.39, 0.29) is 12.1 Å². The summed E-state index contributed by atoms with van der Waals surface area (Å²) in [6, 6.07) is 7.57. The highest BCUT2D eigenvalue weighted by molar-refractivity contribution is 5.95. The summed E-state index contributed by atoms with van der Waals surface area (Å²) in [7, 11) is 0. The van der Waals surface area contributed by atoms with Gasteiger partial charge in [0, 0.05) is 19.0 Å². The van der Waals surface area contributed by atoms with Gasteiger partial charge in [-0.3, -0.25) is 15.0 Å². The molecule has 0 bridgehead atoms. The van der Waals surface area contributed by atoms with Gasteiger partial charge >= 0.3 is 0 Å². The van der Waals surface area contributed by atoms with E-state index in [1.54, 1.807) is 4.90 Å². The molecule has 4 heteroatoms. The van der Waals surface area contributed by atoms with Crippen LogP contribution in [0.25, 0.3) is 0 Å². The summed E-state index contributed by atoms with van der Waals surface area (Å²) in [5, 5.41) is 13.8. The minimum absolute atomic E-state index is 0.0391. The van der Waals surface area contributed by atoms with Gasteiger partial charge in [0.25, 0.3) is 0 Å². The zero-order valence-electron chi connectivity index (χ0n) is 9.10. The number of benzene rings is 1. The number of nitrogens with one attached hydrogen (secondary N) is 1. The Hall–Kier alpha value is -1.39. The molecule has 2 atom stereocenters. The molecule has 2 aliphatic heterocycles. The highest BCUT2D eigenvalue weighted by atomic mass is 16.3. The Kier molecular flexibility index (Phi) is 1.87. The van der Waals surface area contributed by atoms with Gasteiger partial charge in [-0.1, -0.05) is 18.2 Å². The lowest BCUT2D eigenvalue weighted by Gasteiger charge is -2.27. The standard InChI is InChI=1S/C12H14N2O2/c1-8(15)14-10-5-3-2-4-9(10)12(16)6-7-13-11(12)14/h2-5,11,13,16H,6-7H2,1H3/t11-,12-/m0/s1. The normalized spacial score (nSPS) is 31.4. The minimum Gasteiger partial charge on any atom is -0.381 e. The molecule has 0 aliphatic carbocycles. The maximum atomic E-state index is 11.7. The second-order valence-electron chi connectivity index (χ2n) is 4.44. The number of anilines is 1. The molecule has 1 saturated heterocycles. The second kappa shape index (κ2) is 3.06. The van der Waals surface area contributed by atoms with E-state index in [0.717, 1.165) is 17.8 Å². The van der Waals surface area contributed by atoms with E-state index < -0.39 is 5.60 Å². The molecule has 2 N–H and O–H groups in total. The molecule has 3 rings (SSSR count). The third-order valence-electron chi connectivity index (χ3n) is 3.52. The van der Waals surface area contributed by atoms with E-state index in [2.05, 4.69) is 5.32 Å². The van der Waals surface area contributed by atoms with Gasteiger partial charge in [0.1, 0.15) is 11.8 Å². The first kappa shape index (κ1) is 9.81. The number of carbonyl (C=O) groups excluding carboxylic acids is 1. The molecular weight excluding hydrogens is 204 g/mol. The van der Waals surface area contributed by atoms with Crippen molar-refractivity contribution in [2.45, 2.75) is 25.1 Å².